The van der Waals surface area contributed by atoms with E-state index >= 15 is 0 Å². The zero-order chi connectivity index (χ0) is 12.4. The van der Waals surface area contributed by atoms with Crippen molar-refractivity contribution in [2.24, 2.45) is 0 Å². The summed E-state index contributed by atoms with van der Waals surface area (Å²) in [5.41, 5.74) is 0.714. The maximum Gasteiger partial charge on any atom is 0.177 e. The Bertz CT molecular complexity index is 567. The third kappa shape index (κ3) is 3.15. The van der Waals surface area contributed by atoms with Crippen LogP contribution in [-0.4, -0.2) is 5.78 Å². The third-order valence-corrected chi connectivity index (χ3v) is 4.21. The lowest BCUT2D eigenvalue weighted by molar-refractivity contribution is 0.0997. The molecule has 0 fully saturated rings. The maximum absolute atomic E-state index is 12.9. The summed E-state index contributed by atoms with van der Waals surface area (Å²) in [5.74, 6) is -0.467. The second-order valence-electron chi connectivity index (χ2n) is 3.48. The van der Waals surface area contributed by atoms with E-state index in [4.69, 9.17) is 11.6 Å². The number of Topliss-reactive ketones (excluding diaryl/α,β-unsaturated/α-hetero) is 1. The molecule has 0 radical (unpaired) electrons. The fourth-order valence-corrected chi connectivity index (χ4v) is 2.95. The molecule has 2 rings (SSSR count). The van der Waals surface area contributed by atoms with Crippen LogP contribution in [0.5, 0.6) is 0 Å². The van der Waals surface area contributed by atoms with E-state index in [2.05, 4.69) is 15.9 Å². The second kappa shape index (κ2) is 5.29. The molecule has 0 spiro atoms. The first kappa shape index (κ1) is 12.7. The van der Waals surface area contributed by atoms with Crippen LogP contribution >= 0.6 is 38.9 Å². The van der Waals surface area contributed by atoms with Crippen molar-refractivity contribution in [1.82, 2.24) is 0 Å². The molecule has 88 valence electrons. The number of ketones is 1. The minimum Gasteiger partial charge on any atom is -0.293 e. The van der Waals surface area contributed by atoms with Crippen molar-refractivity contribution in [3.05, 3.63) is 55.4 Å². The fraction of sp³-hybridized carbons (Fsp3) is 0.0833. The summed E-state index contributed by atoms with van der Waals surface area (Å²) in [5, 5.41) is 1.90. The van der Waals surface area contributed by atoms with E-state index in [0.29, 0.717) is 10.4 Å². The molecule has 1 nitrogen and oxygen atoms in total. The number of rotatable bonds is 3. The largest absolute Gasteiger partial charge is 0.293 e. The summed E-state index contributed by atoms with van der Waals surface area (Å²) >= 11 is 10.3. The van der Waals surface area contributed by atoms with E-state index in [1.165, 1.54) is 23.5 Å². The summed E-state index contributed by atoms with van der Waals surface area (Å²) in [6.07, 6.45) is 0.229. The summed E-state index contributed by atoms with van der Waals surface area (Å²) < 4.78 is 13.8. The topological polar surface area (TPSA) is 17.1 Å². The lowest BCUT2D eigenvalue weighted by Crippen LogP contribution is -2.01. The summed E-state index contributed by atoms with van der Waals surface area (Å²) in [6.45, 7) is 0. The van der Waals surface area contributed by atoms with Crippen molar-refractivity contribution < 1.29 is 9.18 Å². The van der Waals surface area contributed by atoms with Gasteiger partial charge in [-0.05, 0) is 39.7 Å². The zero-order valence-electron chi connectivity index (χ0n) is 8.54. The Hall–Kier alpha value is -0.710. The van der Waals surface area contributed by atoms with Crippen LogP contribution in [0.4, 0.5) is 4.39 Å². The molecular weight excluding hydrogens is 327 g/mol. The first-order chi connectivity index (χ1) is 8.06. The van der Waals surface area contributed by atoms with Crippen molar-refractivity contribution in [1.29, 1.82) is 0 Å². The van der Waals surface area contributed by atoms with Crippen LogP contribution in [0.2, 0.25) is 5.02 Å². The minimum atomic E-state index is -0.471. The van der Waals surface area contributed by atoms with Crippen LogP contribution in [0.1, 0.15) is 15.2 Å². The lowest BCUT2D eigenvalue weighted by atomic mass is 10.1. The average Bonchev–Trinajstić information content (AvgIpc) is 2.70. The third-order valence-electron chi connectivity index (χ3n) is 2.19. The quantitative estimate of drug-likeness (QED) is 0.742. The van der Waals surface area contributed by atoms with Gasteiger partial charge in [0.1, 0.15) is 5.82 Å². The molecule has 0 aliphatic heterocycles. The van der Waals surface area contributed by atoms with Gasteiger partial charge in [-0.25, -0.2) is 4.39 Å². The van der Waals surface area contributed by atoms with E-state index in [0.717, 1.165) is 4.47 Å². The van der Waals surface area contributed by atoms with E-state index in [1.807, 2.05) is 5.38 Å². The van der Waals surface area contributed by atoms with Crippen LogP contribution in [0, 0.1) is 5.82 Å². The van der Waals surface area contributed by atoms with Gasteiger partial charge in [-0.3, -0.25) is 4.79 Å². The Labute approximate surface area is 115 Å². The molecule has 5 heteroatoms. The van der Waals surface area contributed by atoms with Crippen molar-refractivity contribution in [3.63, 3.8) is 0 Å². The standard InChI is InChI=1S/C12H7BrClFOS/c13-8-5-12(17-6-8)11(16)4-7-1-2-10(15)9(14)3-7/h1-3,5-6H,4H2. The highest BCUT2D eigenvalue weighted by Gasteiger charge is 2.10. The van der Waals surface area contributed by atoms with Crippen molar-refractivity contribution >= 4 is 44.7 Å². The first-order valence-corrected chi connectivity index (χ1v) is 6.82. The Morgan fingerprint density at radius 1 is 1.41 bits per heavy atom. The second-order valence-corrected chi connectivity index (χ2v) is 5.71. The molecule has 1 aromatic heterocycles. The minimum absolute atomic E-state index is 0.00312. The van der Waals surface area contributed by atoms with Gasteiger partial charge in [0.05, 0.1) is 9.90 Å². The molecule has 0 amide bonds. The summed E-state index contributed by atoms with van der Waals surface area (Å²) in [6, 6.07) is 6.10. The molecular formula is C12H7BrClFOS. The highest BCUT2D eigenvalue weighted by atomic mass is 79.9. The van der Waals surface area contributed by atoms with E-state index in [1.54, 1.807) is 12.1 Å². The van der Waals surface area contributed by atoms with Crippen LogP contribution < -0.4 is 0 Å². The highest BCUT2D eigenvalue weighted by Crippen LogP contribution is 2.22. The van der Waals surface area contributed by atoms with Crippen LogP contribution in [0.3, 0.4) is 0 Å². The van der Waals surface area contributed by atoms with E-state index in [-0.39, 0.29) is 17.2 Å². The average molecular weight is 334 g/mol. The molecule has 0 unspecified atom stereocenters. The van der Waals surface area contributed by atoms with Crippen LogP contribution in [-0.2, 0) is 6.42 Å². The number of halogens is 3. The molecule has 1 aromatic carbocycles. The van der Waals surface area contributed by atoms with Gasteiger partial charge in [-0.1, -0.05) is 17.7 Å². The molecule has 0 saturated heterocycles. The van der Waals surface area contributed by atoms with Gasteiger partial charge in [0.15, 0.2) is 5.78 Å². The van der Waals surface area contributed by atoms with Crippen LogP contribution in [0.15, 0.2) is 34.1 Å². The Morgan fingerprint density at radius 2 is 2.18 bits per heavy atom. The Balaban J connectivity index is 2.15. The smallest absolute Gasteiger partial charge is 0.177 e. The molecule has 0 bridgehead atoms. The maximum atomic E-state index is 12.9. The molecule has 0 saturated carbocycles. The molecule has 0 aliphatic carbocycles. The highest BCUT2D eigenvalue weighted by molar-refractivity contribution is 9.10. The molecule has 1 heterocycles. The number of carbonyl (C=O) groups excluding carboxylic acids is 1. The number of hydrogen-bond donors (Lipinski definition) is 0. The fourth-order valence-electron chi connectivity index (χ4n) is 1.38. The first-order valence-electron chi connectivity index (χ1n) is 4.77. The summed E-state index contributed by atoms with van der Waals surface area (Å²) in [7, 11) is 0. The van der Waals surface area contributed by atoms with Gasteiger partial charge >= 0.3 is 0 Å². The van der Waals surface area contributed by atoms with Crippen molar-refractivity contribution in [2.45, 2.75) is 6.42 Å². The van der Waals surface area contributed by atoms with Gasteiger partial charge in [0, 0.05) is 16.3 Å². The Morgan fingerprint density at radius 3 is 2.76 bits per heavy atom. The molecule has 17 heavy (non-hydrogen) atoms. The van der Waals surface area contributed by atoms with E-state index in [9.17, 15) is 9.18 Å². The zero-order valence-corrected chi connectivity index (χ0v) is 11.7. The van der Waals surface area contributed by atoms with Gasteiger partial charge in [-0.2, -0.15) is 0 Å². The number of hydrogen-bond acceptors (Lipinski definition) is 2. The van der Waals surface area contributed by atoms with Gasteiger partial charge in [0.2, 0.25) is 0 Å². The molecule has 2 aromatic rings. The van der Waals surface area contributed by atoms with Gasteiger partial charge in [0.25, 0.3) is 0 Å². The monoisotopic (exact) mass is 332 g/mol. The number of benzene rings is 1. The van der Waals surface area contributed by atoms with Gasteiger partial charge < -0.3 is 0 Å². The predicted octanol–water partition coefficient (Wildman–Crippen LogP) is 4.73. The normalized spacial score (nSPS) is 10.5. The molecule has 0 atom stereocenters. The molecule has 0 N–H and O–H groups in total. The summed E-state index contributed by atoms with van der Waals surface area (Å²) in [4.78, 5) is 12.6. The predicted molar refractivity (Wildman–Crippen MR) is 71.5 cm³/mol. The lowest BCUT2D eigenvalue weighted by Gasteiger charge is -2.00. The van der Waals surface area contributed by atoms with Gasteiger partial charge in [-0.15, -0.1) is 11.3 Å². The van der Waals surface area contributed by atoms with E-state index < -0.39 is 5.82 Å². The van der Waals surface area contributed by atoms with Crippen molar-refractivity contribution in [2.75, 3.05) is 0 Å². The SMILES string of the molecule is O=C(Cc1ccc(F)c(Cl)c1)c1cc(Br)cs1. The van der Waals surface area contributed by atoms with Crippen molar-refractivity contribution in [3.8, 4) is 0 Å². The Kier molecular flexibility index (Phi) is 3.97. The van der Waals surface area contributed by atoms with Crippen LogP contribution in [0.25, 0.3) is 0 Å². The number of carbonyl (C=O) groups is 1. The molecule has 0 aliphatic rings. The number of thiophene rings is 1.